The fourth-order valence-corrected chi connectivity index (χ4v) is 1.66. The van der Waals surface area contributed by atoms with Crippen LogP contribution >= 0.6 is 11.6 Å². The van der Waals surface area contributed by atoms with E-state index in [2.05, 4.69) is 0 Å². The van der Waals surface area contributed by atoms with Crippen molar-refractivity contribution in [2.45, 2.75) is 12.0 Å². The van der Waals surface area contributed by atoms with E-state index in [0.29, 0.717) is 23.6 Å². The Balaban J connectivity index is 0.00000112. The first-order chi connectivity index (χ1) is 6.65. The van der Waals surface area contributed by atoms with Gasteiger partial charge in [0.05, 0.1) is 12.6 Å². The summed E-state index contributed by atoms with van der Waals surface area (Å²) >= 11 is 5.70. The van der Waals surface area contributed by atoms with Gasteiger partial charge in [-0.1, -0.05) is 23.7 Å². The topological polar surface area (TPSA) is 49.4 Å². The molecule has 0 aliphatic carbocycles. The minimum absolute atomic E-state index is 0. The molecule has 1 unspecified atom stereocenters. The third-order valence-electron chi connectivity index (χ3n) is 2.44. The van der Waals surface area contributed by atoms with E-state index in [9.17, 15) is 9.90 Å². The summed E-state index contributed by atoms with van der Waals surface area (Å²) in [6, 6.07) is 6.58. The maximum absolute atomic E-state index is 10.9. The third kappa shape index (κ3) is 2.07. The molecule has 0 saturated carbocycles. The fourth-order valence-electron chi connectivity index (χ4n) is 1.53. The molecule has 0 amide bonds. The Kier molecular flexibility index (Phi) is 3.86. The molecule has 0 spiro atoms. The standard InChI is InChI=1S/C10H9ClO3.Li/c11-8-3-1-7(2-4-8)10(9(12)13)5-6-14-10;/h1-4H,5-6H2,(H,12,13);/q;+1/p-1. The van der Waals surface area contributed by atoms with Crippen LogP contribution in [0.1, 0.15) is 12.0 Å². The van der Waals surface area contributed by atoms with Crippen LogP contribution in [0.15, 0.2) is 24.3 Å². The molecule has 1 aromatic rings. The van der Waals surface area contributed by atoms with Crippen LogP contribution in [-0.4, -0.2) is 12.6 Å². The molecule has 1 heterocycles. The number of hydrogen-bond donors (Lipinski definition) is 0. The first-order valence-corrected chi connectivity index (χ1v) is 4.64. The molecule has 0 bridgehead atoms. The number of hydrogen-bond acceptors (Lipinski definition) is 3. The van der Waals surface area contributed by atoms with Gasteiger partial charge in [0, 0.05) is 11.4 Å². The van der Waals surface area contributed by atoms with Gasteiger partial charge in [0.1, 0.15) is 5.60 Å². The van der Waals surface area contributed by atoms with Crippen molar-refractivity contribution in [1.29, 1.82) is 0 Å². The molecule has 2 rings (SSSR count). The number of carbonyl (C=O) groups excluding carboxylic acids is 1. The van der Waals surface area contributed by atoms with Gasteiger partial charge in [0.2, 0.25) is 0 Å². The molecule has 5 heteroatoms. The fraction of sp³-hybridized carbons (Fsp3) is 0.300. The number of aliphatic carboxylic acids is 1. The van der Waals surface area contributed by atoms with Gasteiger partial charge in [-0.25, -0.2) is 0 Å². The molecular weight excluding hydrogens is 211 g/mol. The molecule has 1 atom stereocenters. The van der Waals surface area contributed by atoms with Crippen LogP contribution in [0.3, 0.4) is 0 Å². The molecule has 74 valence electrons. The van der Waals surface area contributed by atoms with E-state index in [1.165, 1.54) is 0 Å². The van der Waals surface area contributed by atoms with Gasteiger partial charge in [0.25, 0.3) is 0 Å². The summed E-state index contributed by atoms with van der Waals surface area (Å²) in [6.45, 7) is 0.455. The Morgan fingerprint density at radius 1 is 1.40 bits per heavy atom. The van der Waals surface area contributed by atoms with Crippen molar-refractivity contribution in [3.63, 3.8) is 0 Å². The smallest absolute Gasteiger partial charge is 0.547 e. The summed E-state index contributed by atoms with van der Waals surface area (Å²) in [5.74, 6) is -1.19. The van der Waals surface area contributed by atoms with Crippen LogP contribution in [0.25, 0.3) is 0 Å². The van der Waals surface area contributed by atoms with Crippen LogP contribution in [0.4, 0.5) is 0 Å². The van der Waals surface area contributed by atoms with Crippen LogP contribution in [-0.2, 0) is 15.1 Å². The Morgan fingerprint density at radius 2 is 1.93 bits per heavy atom. The zero-order valence-corrected chi connectivity index (χ0v) is 9.08. The summed E-state index contributed by atoms with van der Waals surface area (Å²) in [5, 5.41) is 11.5. The summed E-state index contributed by atoms with van der Waals surface area (Å²) in [6.07, 6.45) is 0.455. The van der Waals surface area contributed by atoms with E-state index < -0.39 is 11.6 Å². The quantitative estimate of drug-likeness (QED) is 0.525. The van der Waals surface area contributed by atoms with E-state index in [1.54, 1.807) is 24.3 Å². The number of carbonyl (C=O) groups is 1. The largest absolute Gasteiger partial charge is 1.00 e. The molecule has 0 N–H and O–H groups in total. The summed E-state index contributed by atoms with van der Waals surface area (Å²) < 4.78 is 5.10. The number of carboxylic acids is 1. The van der Waals surface area contributed by atoms with Crippen LogP contribution in [0, 0.1) is 0 Å². The zero-order chi connectivity index (χ0) is 10.2. The van der Waals surface area contributed by atoms with Crippen molar-refractivity contribution in [2.75, 3.05) is 6.61 Å². The van der Waals surface area contributed by atoms with E-state index >= 15 is 0 Å². The second-order valence-corrected chi connectivity index (χ2v) is 3.66. The minimum Gasteiger partial charge on any atom is -0.547 e. The first-order valence-electron chi connectivity index (χ1n) is 4.26. The van der Waals surface area contributed by atoms with Gasteiger partial charge in [-0.05, 0) is 17.7 Å². The van der Waals surface area contributed by atoms with Gasteiger partial charge in [-0.15, -0.1) is 0 Å². The molecule has 1 aromatic carbocycles. The predicted molar refractivity (Wildman–Crippen MR) is 48.7 cm³/mol. The average Bonchev–Trinajstić information content (AvgIpc) is 2.05. The van der Waals surface area contributed by atoms with Crippen LogP contribution in [0.2, 0.25) is 5.02 Å². The van der Waals surface area contributed by atoms with Gasteiger partial charge in [-0.3, -0.25) is 0 Å². The van der Waals surface area contributed by atoms with Crippen molar-refractivity contribution in [3.8, 4) is 0 Å². The van der Waals surface area contributed by atoms with Gasteiger partial charge in [-0.2, -0.15) is 0 Å². The van der Waals surface area contributed by atoms with E-state index in [4.69, 9.17) is 16.3 Å². The van der Waals surface area contributed by atoms with Crippen LogP contribution in [0.5, 0.6) is 0 Å². The Hall–Kier alpha value is -0.463. The minimum atomic E-state index is -1.25. The molecule has 0 aromatic heterocycles. The molecule has 3 nitrogen and oxygen atoms in total. The number of carboxylic acid groups (broad SMARTS) is 1. The summed E-state index contributed by atoms with van der Waals surface area (Å²) in [5.41, 5.74) is -0.655. The molecule has 1 aliphatic heterocycles. The van der Waals surface area contributed by atoms with Crippen molar-refractivity contribution in [3.05, 3.63) is 34.9 Å². The van der Waals surface area contributed by atoms with Gasteiger partial charge in [0.15, 0.2) is 0 Å². The Bertz CT molecular complexity index is 359. The van der Waals surface area contributed by atoms with E-state index in [0.717, 1.165) is 0 Å². The summed E-state index contributed by atoms with van der Waals surface area (Å²) in [7, 11) is 0. The monoisotopic (exact) mass is 218 g/mol. The number of rotatable bonds is 2. The predicted octanol–water partition coefficient (Wildman–Crippen LogP) is -2.29. The first kappa shape index (κ1) is 12.6. The number of ether oxygens (including phenoxy) is 1. The average molecular weight is 219 g/mol. The zero-order valence-electron chi connectivity index (χ0n) is 8.33. The van der Waals surface area contributed by atoms with E-state index in [-0.39, 0.29) is 18.9 Å². The Labute approximate surface area is 105 Å². The van der Waals surface area contributed by atoms with Crippen molar-refractivity contribution >= 4 is 17.6 Å². The van der Waals surface area contributed by atoms with E-state index in [1.807, 2.05) is 0 Å². The summed E-state index contributed by atoms with van der Waals surface area (Å²) in [4.78, 5) is 10.9. The molecular formula is C10H8ClLiO3. The van der Waals surface area contributed by atoms with Crippen LogP contribution < -0.4 is 24.0 Å². The van der Waals surface area contributed by atoms with Gasteiger partial charge >= 0.3 is 18.9 Å². The Morgan fingerprint density at radius 3 is 2.27 bits per heavy atom. The molecule has 1 aliphatic rings. The van der Waals surface area contributed by atoms with Gasteiger partial charge < -0.3 is 14.6 Å². The molecule has 0 radical (unpaired) electrons. The second-order valence-electron chi connectivity index (χ2n) is 3.22. The van der Waals surface area contributed by atoms with Crippen molar-refractivity contribution in [2.24, 2.45) is 0 Å². The molecule has 15 heavy (non-hydrogen) atoms. The third-order valence-corrected chi connectivity index (χ3v) is 2.69. The van der Waals surface area contributed by atoms with Crippen molar-refractivity contribution < 1.29 is 33.5 Å². The maximum atomic E-state index is 10.9. The normalized spacial score (nSPS) is 23.8. The van der Waals surface area contributed by atoms with Crippen molar-refractivity contribution in [1.82, 2.24) is 0 Å². The number of halogens is 1. The molecule has 1 fully saturated rings. The molecule has 1 saturated heterocycles. The number of benzene rings is 1. The second kappa shape index (κ2) is 4.59. The maximum Gasteiger partial charge on any atom is 1.00 e. The SMILES string of the molecule is O=C([O-])C1(c2ccc(Cl)cc2)CCO1.[Li+].